The number of carbonyl (C=O) groups excluding carboxylic acids is 2. The molecule has 0 aliphatic carbocycles. The first kappa shape index (κ1) is 22.5. The molecule has 164 valence electrons. The lowest BCUT2D eigenvalue weighted by Crippen LogP contribution is -2.41. The Morgan fingerprint density at radius 1 is 1.23 bits per heavy atom. The Balaban J connectivity index is 1.53. The summed E-state index contributed by atoms with van der Waals surface area (Å²) in [6.07, 6.45) is -1.05. The number of alkyl halides is 1. The molecule has 0 aromatic heterocycles. The second kappa shape index (κ2) is 10.3. The molecule has 5 N–H and O–H groups in total. The average molecular weight is 492 g/mol. The van der Waals surface area contributed by atoms with Crippen LogP contribution in [0.3, 0.4) is 0 Å². The van der Waals surface area contributed by atoms with E-state index in [1.807, 2.05) is 25.1 Å². The van der Waals surface area contributed by atoms with Crippen LogP contribution < -0.4 is 21.3 Å². The van der Waals surface area contributed by atoms with E-state index in [4.69, 9.17) is 0 Å². The Labute approximate surface area is 187 Å². The monoisotopic (exact) mass is 491 g/mol. The predicted molar refractivity (Wildman–Crippen MR) is 120 cm³/mol. The number of nitrogens with zero attached hydrogens (tertiary/aromatic N) is 1. The molecule has 0 fully saturated rings. The molecular formula is C21H23BrFN5O3. The highest BCUT2D eigenvalue weighted by molar-refractivity contribution is 9.10. The van der Waals surface area contributed by atoms with Crippen molar-refractivity contribution in [1.82, 2.24) is 16.0 Å². The molecule has 31 heavy (non-hydrogen) atoms. The zero-order valence-electron chi connectivity index (χ0n) is 16.8. The number of benzene rings is 2. The molecule has 0 saturated heterocycles. The topological polar surface area (TPSA) is 115 Å². The highest BCUT2D eigenvalue weighted by Crippen LogP contribution is 2.20. The van der Waals surface area contributed by atoms with E-state index in [1.54, 1.807) is 0 Å². The van der Waals surface area contributed by atoms with Gasteiger partial charge in [-0.15, -0.1) is 0 Å². The van der Waals surface area contributed by atoms with Crippen molar-refractivity contribution in [1.29, 1.82) is 0 Å². The molecule has 1 atom stereocenters. The Morgan fingerprint density at radius 2 is 2.03 bits per heavy atom. The molecule has 2 amide bonds. The predicted octanol–water partition coefficient (Wildman–Crippen LogP) is 2.22. The highest BCUT2D eigenvalue weighted by Gasteiger charge is 2.15. The van der Waals surface area contributed by atoms with Gasteiger partial charge < -0.3 is 26.4 Å². The fraction of sp³-hybridized carbons (Fsp3) is 0.286. The van der Waals surface area contributed by atoms with Crippen LogP contribution in [0.25, 0.3) is 0 Å². The first-order chi connectivity index (χ1) is 14.8. The summed E-state index contributed by atoms with van der Waals surface area (Å²) in [5.41, 5.74) is 2.58. The third-order valence-electron chi connectivity index (χ3n) is 4.38. The van der Waals surface area contributed by atoms with Crippen molar-refractivity contribution < 1.29 is 19.1 Å². The van der Waals surface area contributed by atoms with Crippen molar-refractivity contribution in [3.8, 4) is 5.75 Å². The average Bonchev–Trinajstić information content (AvgIpc) is 2.71. The number of hydrogen-bond acceptors (Lipinski definition) is 6. The summed E-state index contributed by atoms with van der Waals surface area (Å²) in [5.74, 6) is -0.641. The van der Waals surface area contributed by atoms with Gasteiger partial charge in [0.15, 0.2) is 5.96 Å². The SMILES string of the molecule is Cc1cc(Br)cc(CNC(=O)CNC(=O)c2cc(O)cc(NC3=NCC(F)CN3)c2)c1. The number of amides is 2. The maximum atomic E-state index is 13.1. The van der Waals surface area contributed by atoms with Crippen LogP contribution in [0.5, 0.6) is 5.75 Å². The molecule has 0 radical (unpaired) electrons. The number of phenols is 1. The summed E-state index contributed by atoms with van der Waals surface area (Å²) in [6, 6.07) is 10.0. The van der Waals surface area contributed by atoms with Gasteiger partial charge in [0.25, 0.3) is 5.91 Å². The summed E-state index contributed by atoms with van der Waals surface area (Å²) in [5, 5.41) is 20.9. The van der Waals surface area contributed by atoms with Crippen molar-refractivity contribution >= 4 is 39.4 Å². The number of rotatable bonds is 6. The smallest absolute Gasteiger partial charge is 0.251 e. The highest BCUT2D eigenvalue weighted by atomic mass is 79.9. The van der Waals surface area contributed by atoms with Gasteiger partial charge in [-0.05, 0) is 42.3 Å². The van der Waals surface area contributed by atoms with Crippen LogP contribution in [0.1, 0.15) is 21.5 Å². The maximum absolute atomic E-state index is 13.1. The van der Waals surface area contributed by atoms with Gasteiger partial charge in [-0.25, -0.2) is 9.38 Å². The largest absolute Gasteiger partial charge is 0.508 e. The molecule has 1 heterocycles. The van der Waals surface area contributed by atoms with Crippen LogP contribution in [0.4, 0.5) is 10.1 Å². The van der Waals surface area contributed by atoms with Crippen LogP contribution in [-0.2, 0) is 11.3 Å². The van der Waals surface area contributed by atoms with Crippen molar-refractivity contribution in [2.24, 2.45) is 4.99 Å². The summed E-state index contributed by atoms with van der Waals surface area (Å²) in [6.45, 7) is 2.26. The summed E-state index contributed by atoms with van der Waals surface area (Å²) < 4.78 is 14.1. The van der Waals surface area contributed by atoms with Gasteiger partial charge in [0.05, 0.1) is 19.6 Å². The molecule has 2 aromatic carbocycles. The first-order valence-electron chi connectivity index (χ1n) is 9.63. The number of aliphatic imine (C=N–C) groups is 1. The van der Waals surface area contributed by atoms with Crippen LogP contribution in [0.2, 0.25) is 0 Å². The maximum Gasteiger partial charge on any atom is 0.251 e. The number of hydrogen-bond donors (Lipinski definition) is 5. The Morgan fingerprint density at radius 3 is 2.74 bits per heavy atom. The molecule has 1 unspecified atom stereocenters. The molecule has 0 saturated carbocycles. The molecule has 1 aliphatic heterocycles. The quantitative estimate of drug-likeness (QED) is 0.425. The Kier molecular flexibility index (Phi) is 7.45. The molecule has 10 heteroatoms. The van der Waals surface area contributed by atoms with E-state index in [0.717, 1.165) is 15.6 Å². The van der Waals surface area contributed by atoms with Gasteiger partial charge in [0, 0.05) is 28.3 Å². The lowest BCUT2D eigenvalue weighted by atomic mass is 10.1. The summed E-state index contributed by atoms with van der Waals surface area (Å²) in [4.78, 5) is 28.5. The van der Waals surface area contributed by atoms with Gasteiger partial charge in [0.1, 0.15) is 11.9 Å². The number of phenolic OH excluding ortho intramolecular Hbond substituents is 1. The van der Waals surface area contributed by atoms with Gasteiger partial charge in [0.2, 0.25) is 5.91 Å². The van der Waals surface area contributed by atoms with Crippen molar-refractivity contribution in [3.63, 3.8) is 0 Å². The van der Waals surface area contributed by atoms with Crippen molar-refractivity contribution in [3.05, 3.63) is 57.6 Å². The number of carbonyl (C=O) groups is 2. The standard InChI is InChI=1S/C21H23BrFN5O3/c1-12-2-13(4-15(22)3-12)8-24-19(30)11-25-20(31)14-5-17(7-18(29)6-14)28-21-26-9-16(23)10-27-21/h2-7,16,29H,8-11H2,1H3,(H,24,30)(H,25,31)(H2,26,27,28). The second-order valence-electron chi connectivity index (χ2n) is 7.16. The second-order valence-corrected chi connectivity index (χ2v) is 8.07. The lowest BCUT2D eigenvalue weighted by Gasteiger charge is -2.19. The first-order valence-corrected chi connectivity index (χ1v) is 10.4. The minimum atomic E-state index is -1.05. The molecular weight excluding hydrogens is 469 g/mol. The third-order valence-corrected chi connectivity index (χ3v) is 4.84. The molecule has 8 nitrogen and oxygen atoms in total. The normalized spacial score (nSPS) is 15.5. The zero-order valence-corrected chi connectivity index (χ0v) is 18.4. The minimum absolute atomic E-state index is 0.0378. The van der Waals surface area contributed by atoms with Crippen LogP contribution in [0, 0.1) is 6.92 Å². The van der Waals surface area contributed by atoms with Gasteiger partial charge in [-0.1, -0.05) is 22.0 Å². The Bertz CT molecular complexity index is 994. The number of nitrogens with one attached hydrogen (secondary N) is 4. The third kappa shape index (κ3) is 6.95. The molecule has 0 bridgehead atoms. The number of aryl methyl sites for hydroxylation is 1. The fourth-order valence-electron chi connectivity index (χ4n) is 2.99. The lowest BCUT2D eigenvalue weighted by molar-refractivity contribution is -0.120. The van der Waals surface area contributed by atoms with Gasteiger partial charge in [-0.3, -0.25) is 9.59 Å². The number of aromatic hydroxyl groups is 1. The fourth-order valence-corrected chi connectivity index (χ4v) is 3.65. The minimum Gasteiger partial charge on any atom is -0.508 e. The van der Waals surface area contributed by atoms with E-state index in [0.29, 0.717) is 18.2 Å². The van der Waals surface area contributed by atoms with Gasteiger partial charge >= 0.3 is 0 Å². The Hall–Kier alpha value is -3.14. The molecule has 2 aromatic rings. The van der Waals surface area contributed by atoms with E-state index in [9.17, 15) is 19.1 Å². The van der Waals surface area contributed by atoms with Gasteiger partial charge in [-0.2, -0.15) is 0 Å². The number of anilines is 1. The summed E-state index contributed by atoms with van der Waals surface area (Å²) >= 11 is 3.42. The summed E-state index contributed by atoms with van der Waals surface area (Å²) in [7, 11) is 0. The molecule has 0 spiro atoms. The van der Waals surface area contributed by atoms with E-state index >= 15 is 0 Å². The molecule has 3 rings (SSSR count). The van der Waals surface area contributed by atoms with E-state index in [2.05, 4.69) is 42.2 Å². The molecule has 1 aliphatic rings. The van der Waals surface area contributed by atoms with E-state index in [-0.39, 0.29) is 36.9 Å². The van der Waals surface area contributed by atoms with Crippen LogP contribution >= 0.6 is 15.9 Å². The van der Waals surface area contributed by atoms with Crippen molar-refractivity contribution in [2.45, 2.75) is 19.6 Å². The van der Waals surface area contributed by atoms with Crippen molar-refractivity contribution in [2.75, 3.05) is 25.0 Å². The van der Waals surface area contributed by atoms with Crippen LogP contribution in [0.15, 0.2) is 45.9 Å². The number of halogens is 2. The zero-order chi connectivity index (χ0) is 22.4. The van der Waals surface area contributed by atoms with Crippen LogP contribution in [-0.4, -0.2) is 48.7 Å². The van der Waals surface area contributed by atoms with E-state index in [1.165, 1.54) is 18.2 Å². The van der Waals surface area contributed by atoms with E-state index < -0.39 is 12.1 Å². The number of guanidine groups is 1.